The Balaban J connectivity index is 4.14. The smallest absolute Gasteiger partial charge is 0.409 e. The van der Waals surface area contributed by atoms with Crippen molar-refractivity contribution in [3.63, 3.8) is 0 Å². The number of phosphoric ester groups is 1. The molecule has 0 saturated heterocycles. The topological polar surface area (TPSA) is 55.8 Å². The molecule has 0 aromatic rings. The van der Waals surface area contributed by atoms with Crippen molar-refractivity contribution in [2.75, 3.05) is 6.61 Å². The zero-order chi connectivity index (χ0) is 10.5. The summed E-state index contributed by atoms with van der Waals surface area (Å²) >= 11 is 0. The zero-order valence-corrected chi connectivity index (χ0v) is 7.51. The first-order valence-corrected chi connectivity index (χ1v) is 4.68. The summed E-state index contributed by atoms with van der Waals surface area (Å²) in [6, 6.07) is 0. The largest absolute Gasteiger partial charge is 0.526 e. The van der Waals surface area contributed by atoms with E-state index in [1.807, 2.05) is 0 Å². The van der Waals surface area contributed by atoms with Gasteiger partial charge in [0.25, 0.3) is 6.43 Å². The third-order valence-corrected chi connectivity index (χ3v) is 1.76. The van der Waals surface area contributed by atoms with Crippen LogP contribution in [0.3, 0.4) is 0 Å². The van der Waals surface area contributed by atoms with Crippen LogP contribution in [0.25, 0.3) is 0 Å². The molecule has 0 fully saturated rings. The highest BCUT2D eigenvalue weighted by Gasteiger charge is 2.21. The molecule has 0 heterocycles. The van der Waals surface area contributed by atoms with Crippen molar-refractivity contribution in [3.8, 4) is 0 Å². The van der Waals surface area contributed by atoms with Crippen LogP contribution in [0.15, 0.2) is 12.1 Å². The lowest BCUT2D eigenvalue weighted by atomic mass is 10.6. The lowest BCUT2D eigenvalue weighted by Gasteiger charge is -2.07. The first kappa shape index (κ1) is 12.5. The number of phosphoric acid groups is 1. The Bertz CT molecular complexity index is 230. The normalized spacial score (nSPS) is 17.2. The SMILES string of the molecule is CCOP(=O)(O)OC=C(F)C(F)F. The second-order valence-electron chi connectivity index (χ2n) is 1.80. The summed E-state index contributed by atoms with van der Waals surface area (Å²) in [6.07, 6.45) is -3.51. The second kappa shape index (κ2) is 5.26. The van der Waals surface area contributed by atoms with Gasteiger partial charge in [-0.15, -0.1) is 0 Å². The van der Waals surface area contributed by atoms with Crippen LogP contribution in [0.5, 0.6) is 0 Å². The minimum Gasteiger partial charge on any atom is -0.409 e. The maximum Gasteiger partial charge on any atom is 0.526 e. The van der Waals surface area contributed by atoms with Crippen molar-refractivity contribution >= 4 is 7.82 Å². The van der Waals surface area contributed by atoms with Gasteiger partial charge < -0.3 is 4.52 Å². The lowest BCUT2D eigenvalue weighted by molar-refractivity contribution is 0.147. The van der Waals surface area contributed by atoms with Crippen molar-refractivity contribution in [1.82, 2.24) is 0 Å². The molecule has 1 unspecified atom stereocenters. The van der Waals surface area contributed by atoms with E-state index in [0.717, 1.165) is 0 Å². The highest BCUT2D eigenvalue weighted by molar-refractivity contribution is 7.47. The van der Waals surface area contributed by atoms with Crippen LogP contribution in [-0.4, -0.2) is 17.9 Å². The number of rotatable bonds is 5. The summed E-state index contributed by atoms with van der Waals surface area (Å²) < 4.78 is 53.4. The van der Waals surface area contributed by atoms with Gasteiger partial charge in [0.1, 0.15) is 6.26 Å². The number of hydrogen-bond acceptors (Lipinski definition) is 3. The van der Waals surface area contributed by atoms with Gasteiger partial charge in [-0.2, -0.15) is 0 Å². The fraction of sp³-hybridized carbons (Fsp3) is 0.600. The summed E-state index contributed by atoms with van der Waals surface area (Å²) in [4.78, 5) is 8.60. The highest BCUT2D eigenvalue weighted by Crippen LogP contribution is 2.43. The quantitative estimate of drug-likeness (QED) is 0.570. The molecule has 0 aromatic heterocycles. The summed E-state index contributed by atoms with van der Waals surface area (Å²) in [7, 11) is -4.44. The van der Waals surface area contributed by atoms with Crippen molar-refractivity contribution < 1.29 is 31.7 Å². The van der Waals surface area contributed by atoms with E-state index in [1.54, 1.807) is 0 Å². The molecule has 0 radical (unpaired) electrons. The van der Waals surface area contributed by atoms with E-state index in [-0.39, 0.29) is 12.9 Å². The van der Waals surface area contributed by atoms with E-state index in [9.17, 15) is 17.7 Å². The fourth-order valence-corrected chi connectivity index (χ4v) is 0.983. The van der Waals surface area contributed by atoms with Gasteiger partial charge in [0.05, 0.1) is 6.61 Å². The maximum absolute atomic E-state index is 12.0. The molecule has 13 heavy (non-hydrogen) atoms. The Kier molecular flexibility index (Phi) is 5.05. The third kappa shape index (κ3) is 5.68. The standard InChI is InChI=1S/C5H8F3O4P/c1-2-11-13(9,10)12-3-4(6)5(7)8/h3,5H,2H2,1H3,(H,9,10). The van der Waals surface area contributed by atoms with Crippen molar-refractivity contribution in [1.29, 1.82) is 0 Å². The first-order chi connectivity index (χ1) is 5.89. The molecule has 78 valence electrons. The van der Waals surface area contributed by atoms with Gasteiger partial charge in [-0.25, -0.2) is 17.7 Å². The number of alkyl halides is 2. The second-order valence-corrected chi connectivity index (χ2v) is 3.20. The zero-order valence-electron chi connectivity index (χ0n) is 6.61. The molecule has 0 spiro atoms. The third-order valence-electron chi connectivity index (χ3n) is 0.799. The van der Waals surface area contributed by atoms with E-state index < -0.39 is 20.1 Å². The fourth-order valence-electron chi connectivity index (χ4n) is 0.362. The van der Waals surface area contributed by atoms with Gasteiger partial charge in [0, 0.05) is 0 Å². The average Bonchev–Trinajstić information content (AvgIpc) is 2.00. The van der Waals surface area contributed by atoms with Crippen molar-refractivity contribution in [2.24, 2.45) is 0 Å². The summed E-state index contributed by atoms with van der Waals surface area (Å²) in [5.74, 6) is -1.94. The maximum atomic E-state index is 12.0. The summed E-state index contributed by atoms with van der Waals surface area (Å²) in [6.45, 7) is 1.23. The summed E-state index contributed by atoms with van der Waals surface area (Å²) in [5.41, 5.74) is 0. The molecule has 0 aliphatic rings. The van der Waals surface area contributed by atoms with E-state index in [0.29, 0.717) is 0 Å². The van der Waals surface area contributed by atoms with Gasteiger partial charge in [0.2, 0.25) is 5.83 Å². The minimum absolute atomic E-state index is 0.138. The monoisotopic (exact) mass is 220 g/mol. The lowest BCUT2D eigenvalue weighted by Crippen LogP contribution is -1.94. The van der Waals surface area contributed by atoms with Gasteiger partial charge >= 0.3 is 7.82 Å². The van der Waals surface area contributed by atoms with Gasteiger partial charge in [-0.05, 0) is 6.92 Å². The van der Waals surface area contributed by atoms with Crippen LogP contribution in [-0.2, 0) is 13.6 Å². The molecule has 0 aliphatic carbocycles. The molecular formula is C5H8F3O4P. The molecule has 0 amide bonds. The molecule has 0 aromatic carbocycles. The van der Waals surface area contributed by atoms with Crippen LogP contribution in [0.4, 0.5) is 13.2 Å². The number of halogens is 3. The molecule has 8 heteroatoms. The predicted octanol–water partition coefficient (Wildman–Crippen LogP) is 2.22. The van der Waals surface area contributed by atoms with Crippen LogP contribution < -0.4 is 0 Å². The molecule has 1 atom stereocenters. The van der Waals surface area contributed by atoms with E-state index in [2.05, 4.69) is 9.05 Å². The van der Waals surface area contributed by atoms with Crippen LogP contribution >= 0.6 is 7.82 Å². The van der Waals surface area contributed by atoms with Crippen LogP contribution in [0, 0.1) is 0 Å². The van der Waals surface area contributed by atoms with Crippen LogP contribution in [0.1, 0.15) is 6.92 Å². The molecule has 0 saturated carbocycles. The van der Waals surface area contributed by atoms with Gasteiger partial charge in [-0.3, -0.25) is 9.42 Å². The highest BCUT2D eigenvalue weighted by atomic mass is 31.2. The molecule has 0 bridgehead atoms. The average molecular weight is 220 g/mol. The van der Waals surface area contributed by atoms with E-state index in [1.165, 1.54) is 6.92 Å². The van der Waals surface area contributed by atoms with Crippen molar-refractivity contribution in [3.05, 3.63) is 12.1 Å². The number of allylic oxidation sites excluding steroid dienone is 1. The summed E-state index contributed by atoms with van der Waals surface area (Å²) in [5, 5.41) is 0. The molecule has 1 N–H and O–H groups in total. The van der Waals surface area contributed by atoms with E-state index >= 15 is 0 Å². The van der Waals surface area contributed by atoms with Crippen LogP contribution in [0.2, 0.25) is 0 Å². The molecular weight excluding hydrogens is 212 g/mol. The predicted molar refractivity (Wildman–Crippen MR) is 37.7 cm³/mol. The number of hydrogen-bond donors (Lipinski definition) is 1. The van der Waals surface area contributed by atoms with Gasteiger partial charge in [-0.1, -0.05) is 0 Å². The Hall–Kier alpha value is -0.520. The molecule has 0 aliphatic heterocycles. The Labute approximate surface area is 72.6 Å². The molecule has 4 nitrogen and oxygen atoms in total. The Morgan fingerprint density at radius 1 is 1.69 bits per heavy atom. The Morgan fingerprint density at radius 3 is 2.62 bits per heavy atom. The van der Waals surface area contributed by atoms with Crippen molar-refractivity contribution in [2.45, 2.75) is 13.3 Å². The van der Waals surface area contributed by atoms with E-state index in [4.69, 9.17) is 4.89 Å². The Morgan fingerprint density at radius 2 is 2.23 bits per heavy atom. The molecule has 0 rings (SSSR count). The van der Waals surface area contributed by atoms with Gasteiger partial charge in [0.15, 0.2) is 0 Å². The first-order valence-electron chi connectivity index (χ1n) is 3.18. The minimum atomic E-state index is -4.44.